The molecular formula is C30H34N2O6. The van der Waals surface area contributed by atoms with Crippen molar-refractivity contribution in [2.24, 2.45) is 0 Å². The number of methoxy groups -OCH3 is 1. The van der Waals surface area contributed by atoms with Gasteiger partial charge in [0.1, 0.15) is 12.6 Å². The first-order valence-electron chi connectivity index (χ1n) is 12.5. The van der Waals surface area contributed by atoms with Gasteiger partial charge in [0.25, 0.3) is 0 Å². The minimum atomic E-state index is -1.22. The van der Waals surface area contributed by atoms with Crippen molar-refractivity contribution in [2.45, 2.75) is 51.3 Å². The number of carboxylic acids is 1. The fraction of sp³-hybridized carbons (Fsp3) is 0.300. The summed E-state index contributed by atoms with van der Waals surface area (Å²) in [6.45, 7) is 4.11. The highest BCUT2D eigenvalue weighted by molar-refractivity contribution is 5.82. The third-order valence-corrected chi connectivity index (χ3v) is 6.14. The second kappa shape index (κ2) is 13.9. The predicted molar refractivity (Wildman–Crippen MR) is 143 cm³/mol. The monoisotopic (exact) mass is 518 g/mol. The highest BCUT2D eigenvalue weighted by Crippen LogP contribution is 2.17. The van der Waals surface area contributed by atoms with E-state index in [1.807, 2.05) is 72.8 Å². The maximum Gasteiger partial charge on any atom is 0.425 e. The second-order valence-corrected chi connectivity index (χ2v) is 9.26. The third kappa shape index (κ3) is 8.18. The Kier molecular flexibility index (Phi) is 10.4. The molecule has 0 fully saturated rings. The third-order valence-electron chi connectivity index (χ3n) is 6.14. The average Bonchev–Trinajstić information content (AvgIpc) is 2.93. The molecule has 3 rings (SSSR count). The lowest BCUT2D eigenvalue weighted by Gasteiger charge is -2.32. The summed E-state index contributed by atoms with van der Waals surface area (Å²) in [5, 5.41) is 11.0. The van der Waals surface area contributed by atoms with Crippen LogP contribution in [0.2, 0.25) is 0 Å². The Morgan fingerprint density at radius 1 is 0.816 bits per heavy atom. The van der Waals surface area contributed by atoms with E-state index in [1.54, 1.807) is 12.1 Å². The van der Waals surface area contributed by atoms with Crippen LogP contribution in [0.4, 0.5) is 4.79 Å². The molecule has 3 aromatic rings. The summed E-state index contributed by atoms with van der Waals surface area (Å²) in [5.41, 5.74) is 6.18. The second-order valence-electron chi connectivity index (χ2n) is 9.26. The molecule has 2 N–H and O–H groups in total. The molecule has 200 valence electrons. The van der Waals surface area contributed by atoms with Gasteiger partial charge in [0.2, 0.25) is 0 Å². The topological polar surface area (TPSA) is 105 Å². The summed E-state index contributed by atoms with van der Waals surface area (Å²) in [7, 11) is 1.22. The molecule has 8 heteroatoms. The van der Waals surface area contributed by atoms with E-state index in [-0.39, 0.29) is 19.4 Å². The van der Waals surface area contributed by atoms with Crippen LogP contribution in [0, 0.1) is 0 Å². The van der Waals surface area contributed by atoms with E-state index in [1.165, 1.54) is 7.11 Å². The van der Waals surface area contributed by atoms with Gasteiger partial charge in [0.05, 0.1) is 7.11 Å². The SMILES string of the molecule is COC(=O)[C@H](Cc1ccccc1)N(N[C@@H](Cc1ccc(C(C)C)cc1)C(=O)O)C(=O)OCc1ccccc1. The number of aliphatic carboxylic acids is 1. The molecule has 0 aliphatic heterocycles. The summed E-state index contributed by atoms with van der Waals surface area (Å²) >= 11 is 0. The summed E-state index contributed by atoms with van der Waals surface area (Å²) in [6.07, 6.45) is -0.715. The van der Waals surface area contributed by atoms with Crippen LogP contribution in [0.5, 0.6) is 0 Å². The molecule has 0 unspecified atom stereocenters. The van der Waals surface area contributed by atoms with Crippen LogP contribution in [-0.2, 0) is 38.5 Å². The molecule has 0 aliphatic rings. The Balaban J connectivity index is 1.89. The van der Waals surface area contributed by atoms with Gasteiger partial charge in [-0.3, -0.25) is 4.79 Å². The van der Waals surface area contributed by atoms with Gasteiger partial charge in [-0.1, -0.05) is 98.8 Å². The van der Waals surface area contributed by atoms with Crippen LogP contribution in [-0.4, -0.2) is 47.3 Å². The van der Waals surface area contributed by atoms with Crippen molar-refractivity contribution in [1.29, 1.82) is 0 Å². The normalized spacial score (nSPS) is 12.4. The Morgan fingerprint density at radius 3 is 1.89 bits per heavy atom. The zero-order valence-corrected chi connectivity index (χ0v) is 21.9. The lowest BCUT2D eigenvalue weighted by atomic mass is 9.99. The predicted octanol–water partition coefficient (Wildman–Crippen LogP) is 4.73. The minimum absolute atomic E-state index is 0.0501. The van der Waals surface area contributed by atoms with E-state index in [2.05, 4.69) is 19.3 Å². The molecule has 0 radical (unpaired) electrons. The first kappa shape index (κ1) is 28.4. The van der Waals surface area contributed by atoms with Gasteiger partial charge in [-0.2, -0.15) is 0 Å². The van der Waals surface area contributed by atoms with Crippen molar-refractivity contribution in [3.05, 3.63) is 107 Å². The van der Waals surface area contributed by atoms with Gasteiger partial charge in [0.15, 0.2) is 6.04 Å². The Hall–Kier alpha value is -4.17. The number of ether oxygens (including phenoxy) is 2. The molecular weight excluding hydrogens is 484 g/mol. The van der Waals surface area contributed by atoms with Crippen LogP contribution in [0.3, 0.4) is 0 Å². The van der Waals surface area contributed by atoms with Crippen molar-refractivity contribution >= 4 is 18.0 Å². The molecule has 0 saturated carbocycles. The lowest BCUT2D eigenvalue weighted by Crippen LogP contribution is -2.59. The number of rotatable bonds is 12. The van der Waals surface area contributed by atoms with E-state index in [4.69, 9.17) is 9.47 Å². The van der Waals surface area contributed by atoms with E-state index >= 15 is 0 Å². The van der Waals surface area contributed by atoms with Crippen molar-refractivity contribution < 1.29 is 29.0 Å². The van der Waals surface area contributed by atoms with E-state index < -0.39 is 30.1 Å². The van der Waals surface area contributed by atoms with Gasteiger partial charge in [-0.05, 0) is 28.2 Å². The molecule has 0 spiro atoms. The highest BCUT2D eigenvalue weighted by Gasteiger charge is 2.35. The number of esters is 1. The Morgan fingerprint density at radius 2 is 1.37 bits per heavy atom. The number of carboxylic acid groups (broad SMARTS) is 1. The van der Waals surface area contributed by atoms with Crippen molar-refractivity contribution in [3.8, 4) is 0 Å². The fourth-order valence-corrected chi connectivity index (χ4v) is 3.94. The molecule has 3 aromatic carbocycles. The molecule has 1 amide bonds. The van der Waals surface area contributed by atoms with Gasteiger partial charge in [-0.25, -0.2) is 20.0 Å². The quantitative estimate of drug-likeness (QED) is 0.264. The minimum Gasteiger partial charge on any atom is -0.480 e. The fourth-order valence-electron chi connectivity index (χ4n) is 3.94. The maximum absolute atomic E-state index is 13.3. The van der Waals surface area contributed by atoms with Crippen molar-refractivity contribution in [3.63, 3.8) is 0 Å². The van der Waals surface area contributed by atoms with Gasteiger partial charge in [-0.15, -0.1) is 0 Å². The van der Waals surface area contributed by atoms with E-state index in [0.717, 1.165) is 27.3 Å². The number of hydrogen-bond acceptors (Lipinski definition) is 6. The number of carbonyl (C=O) groups is 3. The van der Waals surface area contributed by atoms with Crippen LogP contribution in [0.15, 0.2) is 84.9 Å². The first-order valence-corrected chi connectivity index (χ1v) is 12.5. The van der Waals surface area contributed by atoms with Gasteiger partial charge >= 0.3 is 18.0 Å². The number of hydrogen-bond donors (Lipinski definition) is 2. The molecule has 0 heterocycles. The number of amides is 1. The lowest BCUT2D eigenvalue weighted by molar-refractivity contribution is -0.150. The molecule has 0 aromatic heterocycles. The van der Waals surface area contributed by atoms with Crippen molar-refractivity contribution in [1.82, 2.24) is 10.4 Å². The summed E-state index contributed by atoms with van der Waals surface area (Å²) in [4.78, 5) is 38.5. The zero-order chi connectivity index (χ0) is 27.5. The van der Waals surface area contributed by atoms with E-state index in [0.29, 0.717) is 5.92 Å². The summed E-state index contributed by atoms with van der Waals surface area (Å²) in [5.74, 6) is -1.54. The zero-order valence-electron chi connectivity index (χ0n) is 21.9. The van der Waals surface area contributed by atoms with Gasteiger partial charge in [0, 0.05) is 12.8 Å². The number of carbonyl (C=O) groups excluding carboxylic acids is 2. The van der Waals surface area contributed by atoms with Crippen LogP contribution in [0.25, 0.3) is 0 Å². The summed E-state index contributed by atoms with van der Waals surface area (Å²) < 4.78 is 10.5. The average molecular weight is 519 g/mol. The molecule has 0 aliphatic carbocycles. The highest BCUT2D eigenvalue weighted by atomic mass is 16.6. The summed E-state index contributed by atoms with van der Waals surface area (Å²) in [6, 6.07) is 23.4. The largest absolute Gasteiger partial charge is 0.480 e. The first-order chi connectivity index (χ1) is 18.3. The smallest absolute Gasteiger partial charge is 0.425 e. The molecule has 0 saturated heterocycles. The maximum atomic E-state index is 13.3. The molecule has 38 heavy (non-hydrogen) atoms. The van der Waals surface area contributed by atoms with Crippen LogP contribution >= 0.6 is 0 Å². The number of benzene rings is 3. The Labute approximate surface area is 223 Å². The Bertz CT molecular complexity index is 1180. The number of nitrogens with zero attached hydrogens (tertiary/aromatic N) is 1. The number of hydrazine groups is 1. The van der Waals surface area contributed by atoms with Crippen LogP contribution in [0.1, 0.15) is 42.0 Å². The van der Waals surface area contributed by atoms with Crippen molar-refractivity contribution in [2.75, 3.05) is 7.11 Å². The standard InChI is InChI=1S/C30H34N2O6/c1-21(2)25-16-14-23(15-17-25)18-26(28(33)34)31-32(30(36)38-20-24-12-8-5-9-13-24)27(29(35)37-3)19-22-10-6-4-7-11-22/h4-17,21,26-27,31H,18-20H2,1-3H3,(H,33,34)/t26-,27-/m0/s1. The number of nitrogens with one attached hydrogen (secondary N) is 1. The van der Waals surface area contributed by atoms with E-state index in [9.17, 15) is 19.5 Å². The van der Waals surface area contributed by atoms with Gasteiger partial charge < -0.3 is 14.6 Å². The molecule has 0 bridgehead atoms. The van der Waals surface area contributed by atoms with Crippen LogP contribution < -0.4 is 5.43 Å². The molecule has 2 atom stereocenters. The molecule has 8 nitrogen and oxygen atoms in total.